The van der Waals surface area contributed by atoms with Crippen molar-refractivity contribution in [1.29, 1.82) is 0 Å². The van der Waals surface area contributed by atoms with Crippen molar-refractivity contribution < 1.29 is 0 Å². The van der Waals surface area contributed by atoms with Gasteiger partial charge >= 0.3 is 0 Å². The molecule has 4 heteroatoms. The maximum atomic E-state index is 5.98. The minimum Gasteiger partial charge on any atom is -0.399 e. The molecule has 1 aliphatic rings. The Balaban J connectivity index is 1.99. The van der Waals surface area contributed by atoms with Crippen molar-refractivity contribution in [2.75, 3.05) is 5.73 Å². The third-order valence-corrected chi connectivity index (χ3v) is 3.94. The number of nitrogens with one attached hydrogen (secondary N) is 1. The smallest absolute Gasteiger partial charge is 0.0825 e. The molecule has 1 aromatic heterocycles. The number of aromatic nitrogens is 1. The van der Waals surface area contributed by atoms with Crippen molar-refractivity contribution in [3.63, 3.8) is 0 Å². The molecule has 0 spiro atoms. The maximum Gasteiger partial charge on any atom is 0.0825 e. The highest BCUT2D eigenvalue weighted by Crippen LogP contribution is 2.20. The average Bonchev–Trinajstić information content (AvgIpc) is 2.64. The largest absolute Gasteiger partial charge is 0.399 e. The van der Waals surface area contributed by atoms with Gasteiger partial charge in [0.05, 0.1) is 17.1 Å². The SMILES string of the molecule is C=CNC1=CCCC=C1N=C(Cc1ccccn1)c1cccc(N)c1. The molecule has 0 aliphatic heterocycles. The van der Waals surface area contributed by atoms with Gasteiger partial charge in [0.2, 0.25) is 0 Å². The van der Waals surface area contributed by atoms with Gasteiger partial charge in [0, 0.05) is 24.0 Å². The molecule has 0 amide bonds. The number of benzene rings is 1. The zero-order chi connectivity index (χ0) is 17.5. The van der Waals surface area contributed by atoms with Gasteiger partial charge in [-0.1, -0.05) is 36.9 Å². The van der Waals surface area contributed by atoms with Crippen LogP contribution in [0.5, 0.6) is 0 Å². The molecule has 25 heavy (non-hydrogen) atoms. The molecule has 1 aromatic carbocycles. The Morgan fingerprint density at radius 1 is 1.20 bits per heavy atom. The molecule has 126 valence electrons. The Bertz CT molecular complexity index is 832. The average molecular weight is 330 g/mol. The summed E-state index contributed by atoms with van der Waals surface area (Å²) >= 11 is 0. The summed E-state index contributed by atoms with van der Waals surface area (Å²) in [5, 5.41) is 3.18. The molecule has 0 bridgehead atoms. The lowest BCUT2D eigenvalue weighted by atomic mass is 10.0. The van der Waals surface area contributed by atoms with Gasteiger partial charge in [-0.3, -0.25) is 9.98 Å². The first-order chi connectivity index (χ1) is 12.3. The first-order valence-electron chi connectivity index (χ1n) is 8.38. The maximum absolute atomic E-state index is 5.98. The first kappa shape index (κ1) is 16.7. The minimum atomic E-state index is 0.642. The van der Waals surface area contributed by atoms with Gasteiger partial charge in [-0.2, -0.15) is 0 Å². The van der Waals surface area contributed by atoms with E-state index >= 15 is 0 Å². The molecule has 2 aromatic rings. The van der Waals surface area contributed by atoms with Gasteiger partial charge in [-0.05, 0) is 48.9 Å². The highest BCUT2D eigenvalue weighted by atomic mass is 14.9. The van der Waals surface area contributed by atoms with Crippen LogP contribution in [0.2, 0.25) is 0 Å². The Morgan fingerprint density at radius 2 is 2.08 bits per heavy atom. The Morgan fingerprint density at radius 3 is 2.84 bits per heavy atom. The van der Waals surface area contributed by atoms with E-state index in [2.05, 4.69) is 29.0 Å². The van der Waals surface area contributed by atoms with Crippen LogP contribution in [0.1, 0.15) is 24.1 Å². The number of allylic oxidation sites excluding steroid dienone is 2. The highest BCUT2D eigenvalue weighted by Gasteiger charge is 2.12. The minimum absolute atomic E-state index is 0.642. The Labute approximate surface area is 148 Å². The molecular weight excluding hydrogens is 308 g/mol. The monoisotopic (exact) mass is 330 g/mol. The summed E-state index contributed by atoms with van der Waals surface area (Å²) in [6, 6.07) is 13.7. The summed E-state index contributed by atoms with van der Waals surface area (Å²) in [7, 11) is 0. The van der Waals surface area contributed by atoms with Gasteiger partial charge < -0.3 is 11.1 Å². The van der Waals surface area contributed by atoms with E-state index in [0.29, 0.717) is 6.42 Å². The second-order valence-corrected chi connectivity index (χ2v) is 5.81. The lowest BCUT2D eigenvalue weighted by Crippen LogP contribution is -2.13. The van der Waals surface area contributed by atoms with Crippen LogP contribution in [0.4, 0.5) is 5.69 Å². The zero-order valence-corrected chi connectivity index (χ0v) is 14.2. The molecule has 0 saturated carbocycles. The lowest BCUT2D eigenvalue weighted by molar-refractivity contribution is 0.926. The quantitative estimate of drug-likeness (QED) is 0.622. The van der Waals surface area contributed by atoms with Crippen molar-refractivity contribution in [2.24, 2.45) is 4.99 Å². The number of aliphatic imine (C=N–C) groups is 1. The van der Waals surface area contributed by atoms with E-state index in [1.54, 1.807) is 12.4 Å². The summed E-state index contributed by atoms with van der Waals surface area (Å²) in [6.07, 6.45) is 10.4. The van der Waals surface area contributed by atoms with Gasteiger partial charge in [0.1, 0.15) is 0 Å². The van der Waals surface area contributed by atoms with Crippen molar-refractivity contribution in [3.05, 3.63) is 96.2 Å². The molecule has 0 unspecified atom stereocenters. The summed E-state index contributed by atoms with van der Waals surface area (Å²) < 4.78 is 0. The third kappa shape index (κ3) is 4.44. The number of hydrogen-bond acceptors (Lipinski definition) is 4. The molecule has 3 N–H and O–H groups in total. The summed E-state index contributed by atoms with van der Waals surface area (Å²) in [5.41, 5.74) is 11.5. The fourth-order valence-electron chi connectivity index (χ4n) is 2.75. The summed E-state index contributed by atoms with van der Waals surface area (Å²) in [6.45, 7) is 3.75. The van der Waals surface area contributed by atoms with E-state index < -0.39 is 0 Å². The Hall–Kier alpha value is -3.14. The fraction of sp³-hybridized carbons (Fsp3) is 0.143. The molecular formula is C21H22N4. The van der Waals surface area contributed by atoms with Gasteiger partial charge in [0.25, 0.3) is 0 Å². The van der Waals surface area contributed by atoms with E-state index in [1.807, 2.05) is 42.5 Å². The van der Waals surface area contributed by atoms with Crippen LogP contribution < -0.4 is 11.1 Å². The van der Waals surface area contributed by atoms with Crippen LogP contribution in [0, 0.1) is 0 Å². The van der Waals surface area contributed by atoms with Crippen LogP contribution in [0.15, 0.2) is 90.0 Å². The molecule has 0 radical (unpaired) electrons. The summed E-state index contributed by atoms with van der Waals surface area (Å²) in [4.78, 5) is 9.38. The molecule has 0 atom stereocenters. The normalized spacial score (nSPS) is 14.5. The lowest BCUT2D eigenvalue weighted by Gasteiger charge is -2.15. The van der Waals surface area contributed by atoms with Gasteiger partial charge in [0.15, 0.2) is 0 Å². The van der Waals surface area contributed by atoms with Gasteiger partial charge in [-0.25, -0.2) is 0 Å². The number of nitrogens with zero attached hydrogens (tertiary/aromatic N) is 2. The van der Waals surface area contributed by atoms with E-state index in [4.69, 9.17) is 10.7 Å². The van der Waals surface area contributed by atoms with E-state index in [-0.39, 0.29) is 0 Å². The van der Waals surface area contributed by atoms with Crippen molar-refractivity contribution in [1.82, 2.24) is 10.3 Å². The van der Waals surface area contributed by atoms with Crippen molar-refractivity contribution in [2.45, 2.75) is 19.3 Å². The predicted molar refractivity (Wildman–Crippen MR) is 104 cm³/mol. The second-order valence-electron chi connectivity index (χ2n) is 5.81. The van der Waals surface area contributed by atoms with E-state index in [0.717, 1.165) is 46.9 Å². The predicted octanol–water partition coefficient (Wildman–Crippen LogP) is 3.99. The standard InChI is InChI=1S/C21H22N4/c1-2-23-19-11-3-4-12-20(19)25-21(15-18-10-5-6-13-24-18)16-8-7-9-17(22)14-16/h2,5-14,23H,1,3-4,15,22H2. The molecule has 4 nitrogen and oxygen atoms in total. The number of hydrogen-bond donors (Lipinski definition) is 2. The van der Waals surface area contributed by atoms with E-state index in [9.17, 15) is 0 Å². The van der Waals surface area contributed by atoms with Crippen LogP contribution in [-0.4, -0.2) is 10.7 Å². The number of nitrogens with two attached hydrogens (primary N) is 1. The molecule has 3 rings (SSSR count). The fourth-order valence-corrected chi connectivity index (χ4v) is 2.75. The number of anilines is 1. The van der Waals surface area contributed by atoms with Gasteiger partial charge in [-0.15, -0.1) is 0 Å². The molecule has 1 heterocycles. The zero-order valence-electron chi connectivity index (χ0n) is 14.2. The molecule has 0 fully saturated rings. The van der Waals surface area contributed by atoms with Crippen molar-refractivity contribution in [3.8, 4) is 0 Å². The number of rotatable bonds is 6. The molecule has 0 saturated heterocycles. The first-order valence-corrected chi connectivity index (χ1v) is 8.38. The summed E-state index contributed by atoms with van der Waals surface area (Å²) in [5.74, 6) is 0. The van der Waals surface area contributed by atoms with Crippen molar-refractivity contribution >= 4 is 11.4 Å². The topological polar surface area (TPSA) is 63.3 Å². The van der Waals surface area contributed by atoms with Crippen LogP contribution in [0.25, 0.3) is 0 Å². The van der Waals surface area contributed by atoms with E-state index in [1.165, 1.54) is 0 Å². The number of nitrogen functional groups attached to an aromatic ring is 1. The molecule has 1 aliphatic carbocycles. The number of pyridine rings is 1. The van der Waals surface area contributed by atoms with Crippen LogP contribution >= 0.6 is 0 Å². The second kappa shape index (κ2) is 8.11. The van der Waals surface area contributed by atoms with Crippen LogP contribution in [0.3, 0.4) is 0 Å². The highest BCUT2D eigenvalue weighted by molar-refractivity contribution is 6.03. The Kier molecular flexibility index (Phi) is 5.42. The van der Waals surface area contributed by atoms with Crippen LogP contribution in [-0.2, 0) is 6.42 Å². The third-order valence-electron chi connectivity index (χ3n) is 3.94.